The third-order valence-corrected chi connectivity index (χ3v) is 5.56. The molecule has 1 amide bonds. The second-order valence-corrected chi connectivity index (χ2v) is 7.61. The maximum Gasteiger partial charge on any atom is 0.340 e. The minimum Gasteiger partial charge on any atom is -0.452 e. The normalized spacial score (nSPS) is 17.3. The van der Waals surface area contributed by atoms with Crippen LogP contribution in [0, 0.1) is 13.8 Å². The number of amides is 1. The lowest BCUT2D eigenvalue weighted by atomic mass is 10.2. The fraction of sp³-hybridized carbons (Fsp3) is 0.550. The Morgan fingerprint density at radius 3 is 2.63 bits per heavy atom. The summed E-state index contributed by atoms with van der Waals surface area (Å²) < 4.78 is 9.32. The van der Waals surface area contributed by atoms with Crippen LogP contribution in [0.3, 0.4) is 0 Å². The number of ether oxygens (including phenoxy) is 1. The molecule has 2 fully saturated rings. The molecule has 27 heavy (non-hydrogen) atoms. The standard InChI is InChI=1S/C20H26N4O3/c1-13-11-17(14(2)23(13)15-7-8-15)20(26)27-12-19(25)22-18-9-10-21-24(18)16-5-3-4-6-16/h9-11,15-16H,3-8,12H2,1-2H3,(H,22,25). The first-order valence-electron chi connectivity index (χ1n) is 9.73. The zero-order valence-electron chi connectivity index (χ0n) is 15.9. The summed E-state index contributed by atoms with van der Waals surface area (Å²) in [6.45, 7) is 3.63. The minimum absolute atomic E-state index is 0.304. The molecule has 2 aromatic heterocycles. The predicted octanol–water partition coefficient (Wildman–Crippen LogP) is 3.55. The Balaban J connectivity index is 1.35. The molecule has 0 radical (unpaired) electrons. The maximum absolute atomic E-state index is 12.4. The van der Waals surface area contributed by atoms with Crippen LogP contribution in [0.15, 0.2) is 18.3 Å². The lowest BCUT2D eigenvalue weighted by Crippen LogP contribution is -2.23. The minimum atomic E-state index is -0.450. The maximum atomic E-state index is 12.4. The van der Waals surface area contributed by atoms with Crippen molar-refractivity contribution in [3.05, 3.63) is 35.3 Å². The van der Waals surface area contributed by atoms with Gasteiger partial charge in [-0.15, -0.1) is 0 Å². The highest BCUT2D eigenvalue weighted by Gasteiger charge is 2.29. The summed E-state index contributed by atoms with van der Waals surface area (Å²) in [6, 6.07) is 4.47. The molecular weight excluding hydrogens is 344 g/mol. The van der Waals surface area contributed by atoms with Crippen LogP contribution >= 0.6 is 0 Å². The fourth-order valence-electron chi connectivity index (χ4n) is 4.12. The number of hydrogen-bond donors (Lipinski definition) is 1. The van der Waals surface area contributed by atoms with Gasteiger partial charge in [0.1, 0.15) is 5.82 Å². The van der Waals surface area contributed by atoms with Gasteiger partial charge in [0.2, 0.25) is 0 Å². The molecule has 2 aliphatic carbocycles. The number of carbonyl (C=O) groups excluding carboxylic acids is 2. The smallest absolute Gasteiger partial charge is 0.340 e. The van der Waals surface area contributed by atoms with Crippen molar-refractivity contribution in [1.82, 2.24) is 14.3 Å². The Labute approximate surface area is 158 Å². The molecule has 0 spiro atoms. The van der Waals surface area contributed by atoms with Crippen LogP contribution in [0.25, 0.3) is 0 Å². The highest BCUT2D eigenvalue weighted by Crippen LogP contribution is 2.38. The summed E-state index contributed by atoms with van der Waals surface area (Å²) in [5, 5.41) is 7.14. The van der Waals surface area contributed by atoms with E-state index < -0.39 is 5.97 Å². The first-order valence-corrected chi connectivity index (χ1v) is 9.73. The number of carbonyl (C=O) groups is 2. The topological polar surface area (TPSA) is 78.2 Å². The number of hydrogen-bond acceptors (Lipinski definition) is 4. The van der Waals surface area contributed by atoms with Gasteiger partial charge in [-0.1, -0.05) is 12.8 Å². The average molecular weight is 370 g/mol. The van der Waals surface area contributed by atoms with E-state index in [9.17, 15) is 9.59 Å². The van der Waals surface area contributed by atoms with Crippen LogP contribution in [0.4, 0.5) is 5.82 Å². The largest absolute Gasteiger partial charge is 0.452 e. The quantitative estimate of drug-likeness (QED) is 0.789. The molecule has 0 aromatic carbocycles. The van der Waals surface area contributed by atoms with E-state index in [1.54, 1.807) is 12.3 Å². The lowest BCUT2D eigenvalue weighted by molar-refractivity contribution is -0.119. The van der Waals surface area contributed by atoms with Gasteiger partial charge in [0.25, 0.3) is 5.91 Å². The molecule has 4 rings (SSSR count). The third-order valence-electron chi connectivity index (χ3n) is 5.56. The van der Waals surface area contributed by atoms with E-state index >= 15 is 0 Å². The van der Waals surface area contributed by atoms with E-state index in [1.807, 2.05) is 24.6 Å². The molecule has 0 unspecified atom stereocenters. The highest BCUT2D eigenvalue weighted by atomic mass is 16.5. The molecule has 7 nitrogen and oxygen atoms in total. The van der Waals surface area contributed by atoms with Crippen LogP contribution < -0.4 is 5.32 Å². The number of aromatic nitrogens is 3. The van der Waals surface area contributed by atoms with Crippen LogP contribution in [-0.2, 0) is 9.53 Å². The zero-order chi connectivity index (χ0) is 19.0. The second-order valence-electron chi connectivity index (χ2n) is 7.61. The summed E-state index contributed by atoms with van der Waals surface area (Å²) in [5.41, 5.74) is 2.52. The average Bonchev–Trinajstić information content (AvgIpc) is 3.05. The molecule has 0 aliphatic heterocycles. The lowest BCUT2D eigenvalue weighted by Gasteiger charge is -2.14. The Morgan fingerprint density at radius 2 is 1.93 bits per heavy atom. The number of anilines is 1. The molecule has 2 aromatic rings. The highest BCUT2D eigenvalue weighted by molar-refractivity contribution is 5.95. The summed E-state index contributed by atoms with van der Waals surface area (Å²) in [7, 11) is 0. The van der Waals surface area contributed by atoms with Crippen molar-refractivity contribution in [3.8, 4) is 0 Å². The van der Waals surface area contributed by atoms with Gasteiger partial charge in [0.05, 0.1) is 17.8 Å². The fourth-order valence-corrected chi connectivity index (χ4v) is 4.12. The van der Waals surface area contributed by atoms with Crippen LogP contribution in [0.2, 0.25) is 0 Å². The molecule has 1 N–H and O–H groups in total. The summed E-state index contributed by atoms with van der Waals surface area (Å²) >= 11 is 0. The zero-order valence-corrected chi connectivity index (χ0v) is 15.9. The van der Waals surface area contributed by atoms with E-state index in [0.717, 1.165) is 37.1 Å². The number of aryl methyl sites for hydroxylation is 1. The van der Waals surface area contributed by atoms with Crippen molar-refractivity contribution in [2.24, 2.45) is 0 Å². The van der Waals surface area contributed by atoms with Crippen molar-refractivity contribution in [2.75, 3.05) is 11.9 Å². The monoisotopic (exact) mass is 370 g/mol. The molecular formula is C20H26N4O3. The van der Waals surface area contributed by atoms with Gasteiger partial charge in [-0.05, 0) is 45.6 Å². The molecule has 2 saturated carbocycles. The first kappa shape index (κ1) is 17.8. The number of rotatable bonds is 6. The molecule has 0 saturated heterocycles. The van der Waals surface area contributed by atoms with Crippen molar-refractivity contribution < 1.29 is 14.3 Å². The number of nitrogens with one attached hydrogen (secondary N) is 1. The van der Waals surface area contributed by atoms with Gasteiger partial charge in [-0.25, -0.2) is 9.48 Å². The van der Waals surface area contributed by atoms with E-state index in [0.29, 0.717) is 23.5 Å². The van der Waals surface area contributed by atoms with Crippen molar-refractivity contribution >= 4 is 17.7 Å². The summed E-state index contributed by atoms with van der Waals surface area (Å²) in [5.74, 6) is -0.136. The third kappa shape index (κ3) is 3.63. The molecule has 2 heterocycles. The van der Waals surface area contributed by atoms with Gasteiger partial charge >= 0.3 is 5.97 Å². The van der Waals surface area contributed by atoms with Gasteiger partial charge < -0.3 is 14.6 Å². The van der Waals surface area contributed by atoms with E-state index in [2.05, 4.69) is 15.0 Å². The molecule has 0 bridgehead atoms. The van der Waals surface area contributed by atoms with Crippen LogP contribution in [0.5, 0.6) is 0 Å². The van der Waals surface area contributed by atoms with Gasteiger partial charge in [0, 0.05) is 23.5 Å². The van der Waals surface area contributed by atoms with Crippen LogP contribution in [-0.4, -0.2) is 32.8 Å². The van der Waals surface area contributed by atoms with Gasteiger partial charge in [0.15, 0.2) is 6.61 Å². The Hall–Kier alpha value is -2.57. The van der Waals surface area contributed by atoms with E-state index in [1.165, 1.54) is 12.8 Å². The van der Waals surface area contributed by atoms with Crippen molar-refractivity contribution in [1.29, 1.82) is 0 Å². The van der Waals surface area contributed by atoms with Gasteiger partial charge in [-0.2, -0.15) is 5.10 Å². The Morgan fingerprint density at radius 1 is 1.19 bits per heavy atom. The predicted molar refractivity (Wildman–Crippen MR) is 101 cm³/mol. The Kier molecular flexibility index (Phi) is 4.76. The Bertz CT molecular complexity index is 857. The van der Waals surface area contributed by atoms with E-state index in [4.69, 9.17) is 4.74 Å². The molecule has 0 atom stereocenters. The first-order chi connectivity index (χ1) is 13.0. The second kappa shape index (κ2) is 7.21. The number of nitrogens with zero attached hydrogens (tertiary/aromatic N) is 3. The molecule has 7 heteroatoms. The summed E-state index contributed by atoms with van der Waals surface area (Å²) in [4.78, 5) is 24.7. The van der Waals surface area contributed by atoms with Gasteiger partial charge in [-0.3, -0.25) is 4.79 Å². The molecule has 2 aliphatic rings. The van der Waals surface area contributed by atoms with Crippen LogP contribution in [0.1, 0.15) is 72.4 Å². The van der Waals surface area contributed by atoms with Crippen molar-refractivity contribution in [3.63, 3.8) is 0 Å². The number of esters is 1. The SMILES string of the molecule is Cc1cc(C(=O)OCC(=O)Nc2ccnn2C2CCCC2)c(C)n1C1CC1. The van der Waals surface area contributed by atoms with E-state index in [-0.39, 0.29) is 12.5 Å². The molecule has 144 valence electrons. The van der Waals surface area contributed by atoms with Crippen molar-refractivity contribution in [2.45, 2.75) is 64.5 Å². The summed E-state index contributed by atoms with van der Waals surface area (Å²) in [6.07, 6.45) is 8.53.